The monoisotopic (exact) mass is 234 g/mol. The zero-order chi connectivity index (χ0) is 12.6. The first kappa shape index (κ1) is 15.3. The molecule has 96 valence electrons. The van der Waals surface area contributed by atoms with Crippen molar-refractivity contribution in [3.8, 4) is 0 Å². The van der Waals surface area contributed by atoms with Gasteiger partial charge in [-0.1, -0.05) is 26.7 Å². The number of carbonyl (C=O) groups is 1. The van der Waals surface area contributed by atoms with Crippen LogP contribution in [0.25, 0.3) is 0 Å². The largest absolute Gasteiger partial charge is 0.463 e. The second-order valence-electron chi connectivity index (χ2n) is 4.39. The van der Waals surface area contributed by atoms with Crippen LogP contribution in [0.2, 0.25) is 0 Å². The fourth-order valence-corrected chi connectivity index (χ4v) is 0.998. The van der Waals surface area contributed by atoms with Crippen molar-refractivity contribution in [1.82, 2.24) is 0 Å². The smallest absolute Gasteiger partial charge is 0.334 e. The quantitative estimate of drug-likeness (QED) is 0.517. The Morgan fingerprint density at radius 3 is 2.38 bits per heavy atom. The van der Waals surface area contributed by atoms with E-state index in [2.05, 4.69) is 0 Å². The zero-order valence-corrected chi connectivity index (χ0v) is 9.98. The Morgan fingerprint density at radius 2 is 1.94 bits per heavy atom. The minimum Gasteiger partial charge on any atom is -0.463 e. The Morgan fingerprint density at radius 1 is 1.38 bits per heavy atom. The summed E-state index contributed by atoms with van der Waals surface area (Å²) in [6, 6.07) is 0. The summed E-state index contributed by atoms with van der Waals surface area (Å²) in [5, 5.41) is 27.3. The number of unbranched alkanes of at least 4 members (excludes halogenated alkanes) is 1. The second kappa shape index (κ2) is 7.60. The maximum Gasteiger partial charge on any atom is 0.334 e. The molecular weight excluding hydrogens is 212 g/mol. The molecule has 0 fully saturated rings. The van der Waals surface area contributed by atoms with E-state index >= 15 is 0 Å². The average Bonchev–Trinajstić information content (AvgIpc) is 2.32. The number of rotatable bonds is 8. The molecule has 3 N–H and O–H groups in total. The van der Waals surface area contributed by atoms with Crippen LogP contribution in [0.15, 0.2) is 0 Å². The van der Waals surface area contributed by atoms with Crippen LogP contribution in [-0.4, -0.2) is 47.2 Å². The molecule has 0 saturated carbocycles. The van der Waals surface area contributed by atoms with Crippen molar-refractivity contribution in [2.45, 2.75) is 39.2 Å². The van der Waals surface area contributed by atoms with Gasteiger partial charge in [0.15, 0.2) is 6.10 Å². The van der Waals surface area contributed by atoms with Crippen molar-refractivity contribution >= 4 is 5.97 Å². The molecule has 0 amide bonds. The van der Waals surface area contributed by atoms with Crippen LogP contribution in [0.4, 0.5) is 0 Å². The molecule has 0 saturated heterocycles. The van der Waals surface area contributed by atoms with Crippen LogP contribution in [0, 0.1) is 5.41 Å². The van der Waals surface area contributed by atoms with Crippen LogP contribution >= 0.6 is 0 Å². The number of hydrogen-bond acceptors (Lipinski definition) is 5. The van der Waals surface area contributed by atoms with E-state index in [1.54, 1.807) is 6.92 Å². The number of carbonyl (C=O) groups excluding carboxylic acids is 1. The highest BCUT2D eigenvalue weighted by molar-refractivity contribution is 5.74. The SMILES string of the molecule is CCCCC(O)C(=O)OCC(C)(CO)CO. The fraction of sp³-hybridized carbons (Fsp3) is 0.909. The van der Waals surface area contributed by atoms with Gasteiger partial charge in [0.2, 0.25) is 0 Å². The molecule has 0 aliphatic rings. The minimum atomic E-state index is -1.11. The average molecular weight is 234 g/mol. The molecule has 0 rings (SSSR count). The number of esters is 1. The number of hydrogen-bond donors (Lipinski definition) is 3. The van der Waals surface area contributed by atoms with Gasteiger partial charge in [-0.05, 0) is 6.42 Å². The van der Waals surface area contributed by atoms with E-state index < -0.39 is 17.5 Å². The van der Waals surface area contributed by atoms with Crippen LogP contribution < -0.4 is 0 Å². The second-order valence-corrected chi connectivity index (χ2v) is 4.39. The lowest BCUT2D eigenvalue weighted by Crippen LogP contribution is -2.35. The van der Waals surface area contributed by atoms with Crippen molar-refractivity contribution in [3.05, 3.63) is 0 Å². The predicted molar refractivity (Wildman–Crippen MR) is 58.8 cm³/mol. The van der Waals surface area contributed by atoms with Crippen molar-refractivity contribution in [3.63, 3.8) is 0 Å². The molecule has 0 aliphatic carbocycles. The number of ether oxygens (including phenoxy) is 1. The van der Waals surface area contributed by atoms with Crippen LogP contribution in [-0.2, 0) is 9.53 Å². The van der Waals surface area contributed by atoms with Crippen molar-refractivity contribution in [1.29, 1.82) is 0 Å². The third-order valence-electron chi connectivity index (χ3n) is 2.43. The third-order valence-corrected chi connectivity index (χ3v) is 2.43. The molecule has 5 nitrogen and oxygen atoms in total. The van der Waals surface area contributed by atoms with Crippen LogP contribution in [0.3, 0.4) is 0 Å². The highest BCUT2D eigenvalue weighted by atomic mass is 16.5. The van der Waals surface area contributed by atoms with Crippen molar-refractivity contribution in [2.75, 3.05) is 19.8 Å². The van der Waals surface area contributed by atoms with E-state index in [4.69, 9.17) is 14.9 Å². The molecule has 0 heterocycles. The molecule has 0 bridgehead atoms. The summed E-state index contributed by atoms with van der Waals surface area (Å²) < 4.78 is 4.84. The van der Waals surface area contributed by atoms with Gasteiger partial charge in [-0.15, -0.1) is 0 Å². The first-order valence-corrected chi connectivity index (χ1v) is 5.55. The molecule has 1 unspecified atom stereocenters. The molecule has 1 atom stereocenters. The third kappa shape index (κ3) is 5.44. The molecule has 0 spiro atoms. The van der Waals surface area contributed by atoms with E-state index in [0.717, 1.165) is 12.8 Å². The molecular formula is C11H22O5. The summed E-state index contributed by atoms with van der Waals surface area (Å²) in [6.45, 7) is 2.91. The summed E-state index contributed by atoms with van der Waals surface area (Å²) in [7, 11) is 0. The summed E-state index contributed by atoms with van der Waals surface area (Å²) in [4.78, 5) is 11.3. The molecule has 5 heteroatoms. The topological polar surface area (TPSA) is 87.0 Å². The van der Waals surface area contributed by atoms with Gasteiger partial charge < -0.3 is 20.1 Å². The highest BCUT2D eigenvalue weighted by Gasteiger charge is 2.26. The van der Waals surface area contributed by atoms with Gasteiger partial charge in [-0.2, -0.15) is 0 Å². The Kier molecular flexibility index (Phi) is 7.29. The normalized spacial score (nSPS) is 13.6. The van der Waals surface area contributed by atoms with Gasteiger partial charge in [-0.3, -0.25) is 0 Å². The summed E-state index contributed by atoms with van der Waals surface area (Å²) in [6.07, 6.45) is 0.925. The van der Waals surface area contributed by atoms with E-state index in [0.29, 0.717) is 6.42 Å². The van der Waals surface area contributed by atoms with E-state index in [1.165, 1.54) is 0 Å². The van der Waals surface area contributed by atoms with Crippen molar-refractivity contribution < 1.29 is 24.9 Å². The van der Waals surface area contributed by atoms with E-state index in [1.807, 2.05) is 6.92 Å². The van der Waals surface area contributed by atoms with Crippen LogP contribution in [0.1, 0.15) is 33.1 Å². The Bertz CT molecular complexity index is 201. The Balaban J connectivity index is 3.96. The molecule has 0 radical (unpaired) electrons. The molecule has 0 aromatic rings. The molecule has 0 aliphatic heterocycles. The lowest BCUT2D eigenvalue weighted by Gasteiger charge is -2.24. The van der Waals surface area contributed by atoms with E-state index in [9.17, 15) is 9.90 Å². The lowest BCUT2D eigenvalue weighted by atomic mass is 9.94. The summed E-state index contributed by atoms with van der Waals surface area (Å²) in [5.74, 6) is -0.693. The number of aliphatic hydroxyl groups is 3. The van der Waals surface area contributed by atoms with E-state index in [-0.39, 0.29) is 19.8 Å². The van der Waals surface area contributed by atoms with Crippen molar-refractivity contribution in [2.24, 2.45) is 5.41 Å². The standard InChI is InChI=1S/C11H22O5/c1-3-4-5-9(14)10(15)16-8-11(2,6-12)7-13/h9,12-14H,3-8H2,1-2H3. The minimum absolute atomic E-state index is 0.0952. The Hall–Kier alpha value is -0.650. The van der Waals surface area contributed by atoms with Gasteiger partial charge in [0.1, 0.15) is 6.61 Å². The van der Waals surface area contributed by atoms with Gasteiger partial charge >= 0.3 is 5.97 Å². The number of aliphatic hydroxyl groups excluding tert-OH is 3. The predicted octanol–water partition coefficient (Wildman–Crippen LogP) is 0.0716. The summed E-state index contributed by atoms with van der Waals surface area (Å²) >= 11 is 0. The van der Waals surface area contributed by atoms with Gasteiger partial charge in [0.25, 0.3) is 0 Å². The maximum atomic E-state index is 11.3. The maximum absolute atomic E-state index is 11.3. The van der Waals surface area contributed by atoms with Gasteiger partial charge in [-0.25, -0.2) is 4.79 Å². The lowest BCUT2D eigenvalue weighted by molar-refractivity contribution is -0.159. The molecule has 0 aromatic heterocycles. The highest BCUT2D eigenvalue weighted by Crippen LogP contribution is 2.15. The van der Waals surface area contributed by atoms with Gasteiger partial charge in [0.05, 0.1) is 13.2 Å². The fourth-order valence-electron chi connectivity index (χ4n) is 0.998. The summed E-state index contributed by atoms with van der Waals surface area (Å²) in [5.41, 5.74) is -0.847. The molecule has 0 aromatic carbocycles. The molecule has 16 heavy (non-hydrogen) atoms. The Labute approximate surface area is 96.0 Å². The zero-order valence-electron chi connectivity index (χ0n) is 9.98. The van der Waals surface area contributed by atoms with Gasteiger partial charge in [0, 0.05) is 5.41 Å². The first-order valence-electron chi connectivity index (χ1n) is 5.55. The first-order chi connectivity index (χ1) is 7.49. The van der Waals surface area contributed by atoms with Crippen LogP contribution in [0.5, 0.6) is 0 Å².